The smallest absolute Gasteiger partial charge is 0.295 e. The number of hydrogen-bond donors (Lipinski definition) is 2. The Bertz CT molecular complexity index is 725. The number of aromatic amines is 1. The number of benzene rings is 1. The van der Waals surface area contributed by atoms with Crippen LogP contribution in [0.1, 0.15) is 35.2 Å². The molecule has 108 valence electrons. The van der Waals surface area contributed by atoms with Crippen molar-refractivity contribution in [2.24, 2.45) is 0 Å². The summed E-state index contributed by atoms with van der Waals surface area (Å²) in [5, 5.41) is 19.6. The molecule has 1 aliphatic carbocycles. The van der Waals surface area contributed by atoms with Gasteiger partial charge in [-0.2, -0.15) is 0 Å². The number of rotatable bonds is 4. The normalized spacial score (nSPS) is 14.0. The van der Waals surface area contributed by atoms with E-state index in [1.54, 1.807) is 0 Å². The van der Waals surface area contributed by atoms with Gasteiger partial charge >= 0.3 is 0 Å². The summed E-state index contributed by atoms with van der Waals surface area (Å²) in [6, 6.07) is 2.89. The van der Waals surface area contributed by atoms with Gasteiger partial charge in [0.15, 0.2) is 0 Å². The van der Waals surface area contributed by atoms with E-state index in [1.165, 1.54) is 0 Å². The van der Waals surface area contributed by atoms with Crippen LogP contribution in [0.4, 0.5) is 15.8 Å². The van der Waals surface area contributed by atoms with Gasteiger partial charge in [-0.3, -0.25) is 20.0 Å². The van der Waals surface area contributed by atoms with Crippen LogP contribution in [-0.2, 0) is 0 Å². The molecule has 1 aromatic carbocycles. The molecule has 1 saturated carbocycles. The number of nitrogens with one attached hydrogen (secondary N) is 2. The number of nitro benzene ring substituents is 1. The zero-order valence-corrected chi connectivity index (χ0v) is 10.7. The molecule has 9 heteroatoms. The van der Waals surface area contributed by atoms with Gasteiger partial charge in [-0.25, -0.2) is 9.37 Å². The monoisotopic (exact) mass is 291 g/mol. The van der Waals surface area contributed by atoms with Crippen LogP contribution in [0.3, 0.4) is 0 Å². The summed E-state index contributed by atoms with van der Waals surface area (Å²) in [6.45, 7) is 0. The molecule has 2 N–H and O–H groups in total. The van der Waals surface area contributed by atoms with Crippen LogP contribution in [0, 0.1) is 15.9 Å². The number of halogens is 1. The van der Waals surface area contributed by atoms with E-state index in [4.69, 9.17) is 0 Å². The van der Waals surface area contributed by atoms with Crippen molar-refractivity contribution in [3.63, 3.8) is 0 Å². The number of anilines is 1. The van der Waals surface area contributed by atoms with Gasteiger partial charge in [0.25, 0.3) is 11.6 Å². The molecule has 0 radical (unpaired) electrons. The van der Waals surface area contributed by atoms with Gasteiger partial charge in [-0.15, -0.1) is 5.10 Å². The number of hydrogen-bond acceptors (Lipinski definition) is 5. The van der Waals surface area contributed by atoms with Gasteiger partial charge in [0.1, 0.15) is 17.3 Å². The molecule has 1 fully saturated rings. The fourth-order valence-corrected chi connectivity index (χ4v) is 1.85. The highest BCUT2D eigenvalue weighted by Crippen LogP contribution is 2.37. The molecule has 3 rings (SSSR count). The summed E-state index contributed by atoms with van der Waals surface area (Å²) in [7, 11) is 0. The van der Waals surface area contributed by atoms with E-state index in [1.807, 2.05) is 0 Å². The van der Waals surface area contributed by atoms with Crippen molar-refractivity contribution >= 4 is 17.3 Å². The maximum atomic E-state index is 13.0. The molecule has 0 saturated heterocycles. The maximum Gasteiger partial charge on any atom is 0.295 e. The lowest BCUT2D eigenvalue weighted by Crippen LogP contribution is -2.15. The van der Waals surface area contributed by atoms with E-state index in [2.05, 4.69) is 20.5 Å². The van der Waals surface area contributed by atoms with Crippen LogP contribution in [0.2, 0.25) is 0 Å². The van der Waals surface area contributed by atoms with Crippen molar-refractivity contribution in [3.05, 3.63) is 45.8 Å². The molecular weight excluding hydrogens is 281 g/mol. The Hall–Kier alpha value is -2.84. The van der Waals surface area contributed by atoms with E-state index in [0.717, 1.165) is 31.0 Å². The Labute approximate surface area is 117 Å². The molecule has 2 aromatic rings. The number of amides is 1. The quantitative estimate of drug-likeness (QED) is 0.660. The Morgan fingerprint density at radius 1 is 1.48 bits per heavy atom. The van der Waals surface area contributed by atoms with E-state index >= 15 is 0 Å². The molecule has 0 aliphatic heterocycles. The third kappa shape index (κ3) is 2.71. The largest absolute Gasteiger partial charge is 0.313 e. The molecule has 1 heterocycles. The summed E-state index contributed by atoms with van der Waals surface area (Å²) in [4.78, 5) is 26.1. The topological polar surface area (TPSA) is 114 Å². The molecule has 1 aliphatic rings. The highest BCUT2D eigenvalue weighted by molar-refractivity contribution is 6.02. The van der Waals surface area contributed by atoms with Gasteiger partial charge in [-0.1, -0.05) is 0 Å². The zero-order chi connectivity index (χ0) is 15.0. The first-order valence-corrected chi connectivity index (χ1v) is 6.22. The van der Waals surface area contributed by atoms with E-state index in [9.17, 15) is 19.3 Å². The summed E-state index contributed by atoms with van der Waals surface area (Å²) in [5.41, 5.74) is -0.634. The molecule has 0 bridgehead atoms. The number of carbonyl (C=O) groups excluding carboxylic acids is 1. The Morgan fingerprint density at radius 2 is 2.24 bits per heavy atom. The molecular formula is C12H10FN5O3. The van der Waals surface area contributed by atoms with Crippen molar-refractivity contribution in [2.75, 3.05) is 5.32 Å². The van der Waals surface area contributed by atoms with Gasteiger partial charge in [0, 0.05) is 5.92 Å². The van der Waals surface area contributed by atoms with Crippen LogP contribution >= 0.6 is 0 Å². The Kier molecular flexibility index (Phi) is 3.09. The standard InChI is InChI=1S/C12H10FN5O3/c13-7-3-4-8(9(5-7)18(20)21)14-12(19)11-15-10(16-17-11)6-1-2-6/h3-6H,1-2H2,(H,14,19)(H,15,16,17). The van der Waals surface area contributed by atoms with Gasteiger partial charge in [0.05, 0.1) is 11.0 Å². The van der Waals surface area contributed by atoms with Crippen molar-refractivity contribution in [2.45, 2.75) is 18.8 Å². The minimum Gasteiger partial charge on any atom is -0.313 e. The predicted octanol–water partition coefficient (Wildman–Crippen LogP) is 1.98. The van der Waals surface area contributed by atoms with Crippen LogP contribution in [0.25, 0.3) is 0 Å². The molecule has 0 atom stereocenters. The molecule has 21 heavy (non-hydrogen) atoms. The summed E-state index contributed by atoms with van der Waals surface area (Å²) >= 11 is 0. The fraction of sp³-hybridized carbons (Fsp3) is 0.250. The summed E-state index contributed by atoms with van der Waals surface area (Å²) in [6.07, 6.45) is 2.00. The molecule has 0 unspecified atom stereocenters. The van der Waals surface area contributed by atoms with Crippen LogP contribution in [-0.4, -0.2) is 26.0 Å². The Morgan fingerprint density at radius 3 is 2.90 bits per heavy atom. The maximum absolute atomic E-state index is 13.0. The second kappa shape index (κ2) is 4.93. The third-order valence-corrected chi connectivity index (χ3v) is 3.07. The van der Waals surface area contributed by atoms with Crippen molar-refractivity contribution in [1.29, 1.82) is 0 Å². The zero-order valence-electron chi connectivity index (χ0n) is 10.7. The van der Waals surface area contributed by atoms with Crippen molar-refractivity contribution in [1.82, 2.24) is 15.2 Å². The fourth-order valence-electron chi connectivity index (χ4n) is 1.85. The van der Waals surface area contributed by atoms with Crippen molar-refractivity contribution in [3.8, 4) is 0 Å². The first-order valence-electron chi connectivity index (χ1n) is 6.22. The average Bonchev–Trinajstić information content (AvgIpc) is 3.18. The number of nitrogens with zero attached hydrogens (tertiary/aromatic N) is 3. The highest BCUT2D eigenvalue weighted by atomic mass is 19.1. The lowest BCUT2D eigenvalue weighted by atomic mass is 10.2. The number of H-pyrrole nitrogens is 1. The molecule has 1 aromatic heterocycles. The van der Waals surface area contributed by atoms with Crippen LogP contribution in [0.5, 0.6) is 0 Å². The minimum absolute atomic E-state index is 0.101. The van der Waals surface area contributed by atoms with Crippen LogP contribution in [0.15, 0.2) is 18.2 Å². The second-order valence-electron chi connectivity index (χ2n) is 4.69. The van der Waals surface area contributed by atoms with E-state index in [-0.39, 0.29) is 11.5 Å². The minimum atomic E-state index is -0.772. The van der Waals surface area contributed by atoms with E-state index < -0.39 is 22.3 Å². The molecule has 8 nitrogen and oxygen atoms in total. The molecule has 0 spiro atoms. The lowest BCUT2D eigenvalue weighted by Gasteiger charge is -2.03. The van der Waals surface area contributed by atoms with Gasteiger partial charge < -0.3 is 5.32 Å². The SMILES string of the molecule is O=C(Nc1ccc(F)cc1[N+](=O)[O-])c1n[nH]c(C2CC2)n1. The first-order chi connectivity index (χ1) is 10.0. The number of nitro groups is 1. The summed E-state index contributed by atoms with van der Waals surface area (Å²) < 4.78 is 13.0. The van der Waals surface area contributed by atoms with Crippen LogP contribution < -0.4 is 5.32 Å². The lowest BCUT2D eigenvalue weighted by molar-refractivity contribution is -0.384. The van der Waals surface area contributed by atoms with Gasteiger partial charge in [-0.05, 0) is 25.0 Å². The summed E-state index contributed by atoms with van der Waals surface area (Å²) in [5.74, 6) is -0.607. The van der Waals surface area contributed by atoms with Crippen molar-refractivity contribution < 1.29 is 14.1 Å². The van der Waals surface area contributed by atoms with E-state index in [0.29, 0.717) is 11.7 Å². The average molecular weight is 291 g/mol. The number of carbonyl (C=O) groups is 1. The van der Waals surface area contributed by atoms with Gasteiger partial charge in [0.2, 0.25) is 5.82 Å². The second-order valence-corrected chi connectivity index (χ2v) is 4.69. The first kappa shape index (κ1) is 13.2. The third-order valence-electron chi connectivity index (χ3n) is 3.07. The highest BCUT2D eigenvalue weighted by Gasteiger charge is 2.28. The predicted molar refractivity (Wildman–Crippen MR) is 69.4 cm³/mol. The molecule has 1 amide bonds. The Balaban J connectivity index is 1.81. The number of aromatic nitrogens is 3.